The third kappa shape index (κ3) is 10.8. The quantitative estimate of drug-likeness (QED) is 0.0512. The van der Waals surface area contributed by atoms with Crippen LogP contribution in [0.5, 0.6) is 5.88 Å². The Bertz CT molecular complexity index is 2020. The minimum atomic E-state index is -5.77. The van der Waals surface area contributed by atoms with Crippen LogP contribution >= 0.6 is 23.5 Å². The minimum absolute atomic E-state index is 0.106. The molecule has 1 saturated heterocycles. The highest BCUT2D eigenvalue weighted by Gasteiger charge is 2.43. The SMILES string of the molecule is N#CCCOc1ncnc2c1ncn2CCNC(=O)/C=C/c1cn([C@H]2CC(O)[C@@H](COP(=O)(O)OP(=O)(O)OP(=O)(O)O)O2)c(=O)[nH]c1=O. The van der Waals surface area contributed by atoms with Gasteiger partial charge >= 0.3 is 29.2 Å². The molecule has 7 N–H and O–H groups in total. The van der Waals surface area contributed by atoms with E-state index in [2.05, 4.69) is 33.4 Å². The first-order valence-corrected chi connectivity index (χ1v) is 18.1. The highest BCUT2D eigenvalue weighted by Crippen LogP contribution is 2.66. The number of nitrogens with one attached hydrogen (secondary N) is 2. The topological polar surface area (TPSA) is 350 Å². The monoisotopic (exact) mass is 752 g/mol. The average molecular weight is 752 g/mol. The number of rotatable bonds is 16. The van der Waals surface area contributed by atoms with E-state index in [9.17, 15) is 43.0 Å². The Morgan fingerprint density at radius 2 is 1.92 bits per heavy atom. The number of nitrogens with zero attached hydrogens (tertiary/aromatic N) is 6. The molecule has 5 atom stereocenters. The third-order valence-corrected chi connectivity index (χ3v) is 10.0. The molecule has 0 bridgehead atoms. The summed E-state index contributed by atoms with van der Waals surface area (Å²) in [5.74, 6) is -0.413. The molecule has 1 aliphatic rings. The summed E-state index contributed by atoms with van der Waals surface area (Å²) in [5.41, 5.74) is -1.23. The second kappa shape index (κ2) is 15.7. The van der Waals surface area contributed by atoms with Gasteiger partial charge in [0.2, 0.25) is 11.8 Å². The van der Waals surface area contributed by atoms with Crippen LogP contribution in [-0.2, 0) is 42.9 Å². The molecule has 3 unspecified atom stereocenters. The third-order valence-electron chi connectivity index (χ3n) is 6.21. The van der Waals surface area contributed by atoms with E-state index in [-0.39, 0.29) is 44.0 Å². The van der Waals surface area contributed by atoms with E-state index in [0.29, 0.717) is 11.2 Å². The van der Waals surface area contributed by atoms with E-state index in [1.54, 1.807) is 4.57 Å². The molecule has 3 aromatic heterocycles. The van der Waals surface area contributed by atoms with Crippen molar-refractivity contribution in [3.63, 3.8) is 0 Å². The van der Waals surface area contributed by atoms with Gasteiger partial charge in [-0.15, -0.1) is 0 Å². The highest BCUT2D eigenvalue weighted by molar-refractivity contribution is 7.66. The molecule has 0 aromatic carbocycles. The molecule has 4 rings (SSSR count). The second-order valence-electron chi connectivity index (χ2n) is 9.74. The Kier molecular flexibility index (Phi) is 12.2. The van der Waals surface area contributed by atoms with Crippen molar-refractivity contribution in [2.75, 3.05) is 19.8 Å². The Balaban J connectivity index is 1.34. The molecule has 27 heteroatoms. The van der Waals surface area contributed by atoms with Crippen molar-refractivity contribution >= 4 is 46.6 Å². The van der Waals surface area contributed by atoms with E-state index in [1.807, 2.05) is 11.1 Å². The zero-order chi connectivity index (χ0) is 36.0. The van der Waals surface area contributed by atoms with Crippen LogP contribution in [0.3, 0.4) is 0 Å². The van der Waals surface area contributed by atoms with Crippen molar-refractivity contribution in [1.29, 1.82) is 5.26 Å². The van der Waals surface area contributed by atoms with Crippen molar-refractivity contribution in [3.8, 4) is 11.9 Å². The number of aliphatic hydroxyl groups is 1. The lowest BCUT2D eigenvalue weighted by Crippen LogP contribution is -2.33. The number of nitriles is 1. The van der Waals surface area contributed by atoms with Crippen LogP contribution in [0.4, 0.5) is 0 Å². The van der Waals surface area contributed by atoms with Crippen molar-refractivity contribution in [2.45, 2.75) is 37.8 Å². The molecule has 4 heterocycles. The molecule has 3 aromatic rings. The van der Waals surface area contributed by atoms with Gasteiger partial charge in [0, 0.05) is 31.8 Å². The number of aromatic amines is 1. The number of fused-ring (bicyclic) bond motifs is 1. The van der Waals surface area contributed by atoms with Gasteiger partial charge in [0.15, 0.2) is 11.2 Å². The molecule has 1 fully saturated rings. The Morgan fingerprint density at radius 3 is 2.63 bits per heavy atom. The number of phosphoric ester groups is 1. The standard InChI is InChI=1S/C22H27N8O16P3/c23-4-1-7-42-21-18-19(25-11-26-21)29(12-27-18)6-5-24-16(32)3-2-13-9-30(22(34)28-20(13)33)17-8-14(31)15(44-17)10-43-48(38,39)46-49(40,41)45-47(35,36)37/h2-3,9,11-12,14-15,17,31H,1,5-8,10H2,(H,24,32)(H,38,39)(H,40,41)(H,28,33,34)(H2,35,36,37)/b3-2+/t14?,15-,17-/m1/s1. The minimum Gasteiger partial charge on any atom is -0.475 e. The molecule has 266 valence electrons. The molecule has 1 aliphatic heterocycles. The van der Waals surface area contributed by atoms with Gasteiger partial charge in [0.05, 0.1) is 37.1 Å². The predicted molar refractivity (Wildman–Crippen MR) is 159 cm³/mol. The van der Waals surface area contributed by atoms with Gasteiger partial charge < -0.3 is 44.0 Å². The van der Waals surface area contributed by atoms with Gasteiger partial charge in [0.1, 0.15) is 25.3 Å². The number of hydrogen-bond donors (Lipinski definition) is 7. The first-order chi connectivity index (χ1) is 23.0. The van der Waals surface area contributed by atoms with Gasteiger partial charge in [-0.05, 0) is 6.08 Å². The summed E-state index contributed by atoms with van der Waals surface area (Å²) in [7, 11) is -16.9. The van der Waals surface area contributed by atoms with Crippen LogP contribution in [0.25, 0.3) is 17.2 Å². The van der Waals surface area contributed by atoms with Gasteiger partial charge in [-0.3, -0.25) is 23.7 Å². The Morgan fingerprint density at radius 1 is 1.16 bits per heavy atom. The maximum absolute atomic E-state index is 12.5. The van der Waals surface area contributed by atoms with E-state index < -0.39 is 65.7 Å². The van der Waals surface area contributed by atoms with Crippen LogP contribution in [-0.4, -0.2) is 91.6 Å². The molecule has 0 spiro atoms. The van der Waals surface area contributed by atoms with Crippen LogP contribution in [0.1, 0.15) is 24.6 Å². The molecule has 49 heavy (non-hydrogen) atoms. The number of phosphoric acid groups is 3. The Labute approximate surface area is 273 Å². The number of ether oxygens (including phenoxy) is 2. The lowest BCUT2D eigenvalue weighted by molar-refractivity contribution is -0.116. The molecule has 1 amide bonds. The van der Waals surface area contributed by atoms with Crippen LogP contribution < -0.4 is 21.3 Å². The molecular weight excluding hydrogens is 725 g/mol. The van der Waals surface area contributed by atoms with E-state index in [0.717, 1.165) is 22.9 Å². The molecule has 0 aliphatic carbocycles. The smallest absolute Gasteiger partial charge is 0.475 e. The first kappa shape index (κ1) is 37.9. The van der Waals surface area contributed by atoms with Crippen molar-refractivity contribution < 1.29 is 65.8 Å². The fourth-order valence-corrected chi connectivity index (χ4v) is 7.22. The normalized spacial score (nSPS) is 20.5. The summed E-state index contributed by atoms with van der Waals surface area (Å²) in [4.78, 5) is 87.8. The van der Waals surface area contributed by atoms with E-state index in [4.69, 9.17) is 24.5 Å². The Hall–Kier alpha value is -3.94. The van der Waals surface area contributed by atoms with Crippen LogP contribution in [0, 0.1) is 11.3 Å². The number of hydrogen-bond acceptors (Lipinski definition) is 16. The lowest BCUT2D eigenvalue weighted by atomic mass is 10.2. The largest absolute Gasteiger partial charge is 0.490 e. The number of imidazole rings is 1. The summed E-state index contributed by atoms with van der Waals surface area (Å²) < 4.78 is 59.3. The zero-order valence-corrected chi connectivity index (χ0v) is 27.3. The number of H-pyrrole nitrogens is 1. The van der Waals surface area contributed by atoms with Gasteiger partial charge in [0.25, 0.3) is 5.56 Å². The van der Waals surface area contributed by atoms with Crippen molar-refractivity contribution in [3.05, 3.63) is 51.3 Å². The molecule has 0 saturated carbocycles. The summed E-state index contributed by atoms with van der Waals surface area (Å²) in [6, 6.07) is 1.95. The predicted octanol–water partition coefficient (Wildman–Crippen LogP) is -1.21. The molecule has 24 nitrogen and oxygen atoms in total. The highest BCUT2D eigenvalue weighted by atomic mass is 31.3. The summed E-state index contributed by atoms with van der Waals surface area (Å²) in [6.45, 7) is -0.517. The number of aliphatic hydroxyl groups excluding tert-OH is 1. The van der Waals surface area contributed by atoms with Gasteiger partial charge in [-0.1, -0.05) is 0 Å². The number of carbonyl (C=O) groups is 1. The summed E-state index contributed by atoms with van der Waals surface area (Å²) in [5, 5.41) is 21.6. The van der Waals surface area contributed by atoms with E-state index in [1.165, 1.54) is 12.7 Å². The lowest BCUT2D eigenvalue weighted by Gasteiger charge is -2.19. The fraction of sp³-hybridized carbons (Fsp3) is 0.409. The van der Waals surface area contributed by atoms with Gasteiger partial charge in [-0.2, -0.15) is 18.9 Å². The summed E-state index contributed by atoms with van der Waals surface area (Å²) >= 11 is 0. The van der Waals surface area contributed by atoms with E-state index >= 15 is 0 Å². The second-order valence-corrected chi connectivity index (χ2v) is 14.2. The maximum atomic E-state index is 12.5. The zero-order valence-electron chi connectivity index (χ0n) is 24.6. The number of aromatic nitrogens is 6. The maximum Gasteiger partial charge on any atom is 0.490 e. The summed E-state index contributed by atoms with van der Waals surface area (Å²) in [6.07, 6.45) is 1.55. The van der Waals surface area contributed by atoms with Crippen molar-refractivity contribution in [1.82, 2.24) is 34.4 Å². The number of carbonyl (C=O) groups excluding carboxylic acids is 1. The fourth-order valence-electron chi connectivity index (χ4n) is 4.19. The average Bonchev–Trinajstić information content (AvgIpc) is 3.57. The van der Waals surface area contributed by atoms with Crippen molar-refractivity contribution in [2.24, 2.45) is 0 Å². The van der Waals surface area contributed by atoms with Crippen LogP contribution in [0.15, 0.2) is 34.5 Å². The number of amides is 1. The molecule has 0 radical (unpaired) electrons. The van der Waals surface area contributed by atoms with Crippen LogP contribution in [0.2, 0.25) is 0 Å². The first-order valence-electron chi connectivity index (χ1n) is 13.6. The molecular formula is C22H27N8O16P3. The van der Waals surface area contributed by atoms with Gasteiger partial charge in [-0.25, -0.2) is 28.5 Å².